The number of fused-ring (bicyclic) bond motifs is 1. The molecular formula is C18H15NO2. The first kappa shape index (κ1) is 13.3. The van der Waals surface area contributed by atoms with E-state index in [2.05, 4.69) is 30.3 Å². The summed E-state index contributed by atoms with van der Waals surface area (Å²) in [5, 5.41) is 13.1. The van der Waals surface area contributed by atoms with E-state index in [1.807, 2.05) is 24.3 Å². The summed E-state index contributed by atoms with van der Waals surface area (Å²) in [5.41, 5.74) is 2.55. The van der Waals surface area contributed by atoms with Crippen molar-refractivity contribution in [1.82, 2.24) is 0 Å². The van der Waals surface area contributed by atoms with Crippen LogP contribution in [0.1, 0.15) is 11.1 Å². The molecule has 0 saturated carbocycles. The van der Waals surface area contributed by atoms with Crippen LogP contribution in [0.2, 0.25) is 0 Å². The zero-order valence-electron chi connectivity index (χ0n) is 11.5. The summed E-state index contributed by atoms with van der Waals surface area (Å²) in [6.45, 7) is 0. The molecule has 3 aromatic carbocycles. The second-order valence-corrected chi connectivity index (χ2v) is 5.11. The molecule has 0 aromatic heterocycles. The Kier molecular flexibility index (Phi) is 3.65. The standard InChI is InChI=1S/C18H15NO2/c20-19(21)18-11-8-14(9-12-18)5-6-15-7-10-16-3-1-2-4-17(16)13-15/h1-4,7-13H,5-6H2. The smallest absolute Gasteiger partial charge is 0.258 e. The van der Waals surface area contributed by atoms with Crippen molar-refractivity contribution in [2.24, 2.45) is 0 Å². The summed E-state index contributed by atoms with van der Waals surface area (Å²) >= 11 is 0. The number of non-ortho nitro benzene ring substituents is 1. The molecule has 0 atom stereocenters. The molecule has 3 rings (SSSR count). The fraction of sp³-hybridized carbons (Fsp3) is 0.111. The predicted molar refractivity (Wildman–Crippen MR) is 84.5 cm³/mol. The van der Waals surface area contributed by atoms with E-state index >= 15 is 0 Å². The third-order valence-corrected chi connectivity index (χ3v) is 3.66. The van der Waals surface area contributed by atoms with Crippen LogP contribution in [0.15, 0.2) is 66.7 Å². The fourth-order valence-electron chi connectivity index (χ4n) is 2.47. The Morgan fingerprint density at radius 1 is 0.762 bits per heavy atom. The van der Waals surface area contributed by atoms with Gasteiger partial charge in [-0.1, -0.05) is 54.6 Å². The number of hydrogen-bond donors (Lipinski definition) is 0. The number of benzene rings is 3. The lowest BCUT2D eigenvalue weighted by Gasteiger charge is -2.04. The molecule has 0 spiro atoms. The van der Waals surface area contributed by atoms with Crippen LogP contribution in [0.3, 0.4) is 0 Å². The second kappa shape index (κ2) is 5.75. The minimum Gasteiger partial charge on any atom is -0.258 e. The van der Waals surface area contributed by atoms with Crippen molar-refractivity contribution in [2.45, 2.75) is 12.8 Å². The van der Waals surface area contributed by atoms with Gasteiger partial charge in [0, 0.05) is 12.1 Å². The number of rotatable bonds is 4. The summed E-state index contributed by atoms with van der Waals surface area (Å²) < 4.78 is 0. The third-order valence-electron chi connectivity index (χ3n) is 3.66. The average Bonchev–Trinajstić information content (AvgIpc) is 2.53. The molecule has 3 aromatic rings. The Hall–Kier alpha value is -2.68. The van der Waals surface area contributed by atoms with Crippen molar-refractivity contribution < 1.29 is 4.92 Å². The van der Waals surface area contributed by atoms with Gasteiger partial charge in [0.05, 0.1) is 4.92 Å². The van der Waals surface area contributed by atoms with E-state index in [0.29, 0.717) is 0 Å². The van der Waals surface area contributed by atoms with Gasteiger partial charge in [-0.2, -0.15) is 0 Å². The Bertz CT molecular complexity index is 779. The van der Waals surface area contributed by atoms with Crippen LogP contribution in [0.5, 0.6) is 0 Å². The zero-order valence-corrected chi connectivity index (χ0v) is 11.5. The van der Waals surface area contributed by atoms with E-state index in [0.717, 1.165) is 18.4 Å². The minimum atomic E-state index is -0.368. The van der Waals surface area contributed by atoms with Crippen LogP contribution in [0.4, 0.5) is 5.69 Å². The highest BCUT2D eigenvalue weighted by atomic mass is 16.6. The van der Waals surface area contributed by atoms with Gasteiger partial charge in [0.15, 0.2) is 0 Å². The number of aryl methyl sites for hydroxylation is 2. The monoisotopic (exact) mass is 277 g/mol. The third kappa shape index (κ3) is 3.08. The maximum atomic E-state index is 10.6. The highest BCUT2D eigenvalue weighted by Gasteiger charge is 2.04. The lowest BCUT2D eigenvalue weighted by atomic mass is 10.0. The van der Waals surface area contributed by atoms with Gasteiger partial charge in [0.1, 0.15) is 0 Å². The Labute approximate surface area is 123 Å². The van der Waals surface area contributed by atoms with Crippen molar-refractivity contribution >= 4 is 16.5 Å². The molecule has 0 fully saturated rings. The number of hydrogen-bond acceptors (Lipinski definition) is 2. The molecule has 21 heavy (non-hydrogen) atoms. The summed E-state index contributed by atoms with van der Waals surface area (Å²) in [5.74, 6) is 0. The van der Waals surface area contributed by atoms with E-state index in [1.165, 1.54) is 16.3 Å². The maximum Gasteiger partial charge on any atom is 0.269 e. The zero-order chi connectivity index (χ0) is 14.7. The molecule has 3 nitrogen and oxygen atoms in total. The summed E-state index contributed by atoms with van der Waals surface area (Å²) in [7, 11) is 0. The molecule has 0 heterocycles. The molecule has 0 unspecified atom stereocenters. The van der Waals surface area contributed by atoms with Crippen molar-refractivity contribution in [3.05, 3.63) is 88.0 Å². The van der Waals surface area contributed by atoms with Gasteiger partial charge in [-0.15, -0.1) is 0 Å². The van der Waals surface area contributed by atoms with Crippen molar-refractivity contribution in [1.29, 1.82) is 0 Å². The summed E-state index contributed by atoms with van der Waals surface area (Å²) in [4.78, 5) is 10.3. The quantitative estimate of drug-likeness (QED) is 0.519. The van der Waals surface area contributed by atoms with Crippen LogP contribution in [-0.2, 0) is 12.8 Å². The second-order valence-electron chi connectivity index (χ2n) is 5.11. The molecule has 0 saturated heterocycles. The van der Waals surface area contributed by atoms with E-state index < -0.39 is 0 Å². The Balaban J connectivity index is 1.72. The van der Waals surface area contributed by atoms with Gasteiger partial charge in [0.25, 0.3) is 5.69 Å². The van der Waals surface area contributed by atoms with E-state index in [9.17, 15) is 10.1 Å². The molecule has 104 valence electrons. The number of nitrogens with zero attached hydrogens (tertiary/aromatic N) is 1. The van der Waals surface area contributed by atoms with Gasteiger partial charge in [0.2, 0.25) is 0 Å². The lowest BCUT2D eigenvalue weighted by Crippen LogP contribution is -1.93. The summed E-state index contributed by atoms with van der Waals surface area (Å²) in [6.07, 6.45) is 1.82. The fourth-order valence-corrected chi connectivity index (χ4v) is 2.47. The van der Waals surface area contributed by atoms with Crippen LogP contribution in [-0.4, -0.2) is 4.92 Å². The lowest BCUT2D eigenvalue weighted by molar-refractivity contribution is -0.384. The topological polar surface area (TPSA) is 43.1 Å². The minimum absolute atomic E-state index is 0.143. The number of nitro groups is 1. The molecule has 0 bridgehead atoms. The summed E-state index contributed by atoms with van der Waals surface area (Å²) in [6, 6.07) is 21.6. The molecular weight excluding hydrogens is 262 g/mol. The number of nitro benzene ring substituents is 1. The molecule has 0 amide bonds. The van der Waals surface area contributed by atoms with E-state index in [4.69, 9.17) is 0 Å². The van der Waals surface area contributed by atoms with Gasteiger partial charge >= 0.3 is 0 Å². The van der Waals surface area contributed by atoms with Gasteiger partial charge in [-0.25, -0.2) is 0 Å². The SMILES string of the molecule is O=[N+]([O-])c1ccc(CCc2ccc3ccccc3c2)cc1. The Morgan fingerprint density at radius 3 is 2.10 bits per heavy atom. The first-order chi connectivity index (χ1) is 10.2. The molecule has 0 aliphatic carbocycles. The molecule has 0 radical (unpaired) electrons. The first-order valence-corrected chi connectivity index (χ1v) is 6.93. The van der Waals surface area contributed by atoms with Gasteiger partial charge in [-0.3, -0.25) is 10.1 Å². The largest absolute Gasteiger partial charge is 0.269 e. The first-order valence-electron chi connectivity index (χ1n) is 6.93. The highest BCUT2D eigenvalue weighted by molar-refractivity contribution is 5.82. The average molecular weight is 277 g/mol. The van der Waals surface area contributed by atoms with Crippen LogP contribution >= 0.6 is 0 Å². The molecule has 3 heteroatoms. The Morgan fingerprint density at radius 2 is 1.38 bits per heavy atom. The normalized spacial score (nSPS) is 10.7. The molecule has 0 aliphatic rings. The van der Waals surface area contributed by atoms with Crippen molar-refractivity contribution in [2.75, 3.05) is 0 Å². The van der Waals surface area contributed by atoms with E-state index in [1.54, 1.807) is 12.1 Å². The van der Waals surface area contributed by atoms with E-state index in [-0.39, 0.29) is 10.6 Å². The van der Waals surface area contributed by atoms with Gasteiger partial charge < -0.3 is 0 Å². The van der Waals surface area contributed by atoms with Crippen LogP contribution < -0.4 is 0 Å². The van der Waals surface area contributed by atoms with Crippen molar-refractivity contribution in [3.8, 4) is 0 Å². The van der Waals surface area contributed by atoms with Gasteiger partial charge in [-0.05, 0) is 34.7 Å². The molecule has 0 aliphatic heterocycles. The van der Waals surface area contributed by atoms with Crippen LogP contribution in [0, 0.1) is 10.1 Å². The van der Waals surface area contributed by atoms with Crippen LogP contribution in [0.25, 0.3) is 10.8 Å². The highest BCUT2D eigenvalue weighted by Crippen LogP contribution is 2.18. The molecule has 0 N–H and O–H groups in total. The maximum absolute atomic E-state index is 10.6. The van der Waals surface area contributed by atoms with Crippen molar-refractivity contribution in [3.63, 3.8) is 0 Å². The predicted octanol–water partition coefficient (Wildman–Crippen LogP) is 4.53.